The molecule has 4 nitrogen and oxygen atoms in total. The molecular weight excluding hydrogens is 216 g/mol. The quantitative estimate of drug-likeness (QED) is 0.589. The highest BCUT2D eigenvalue weighted by Gasteiger charge is 2.07. The van der Waals surface area contributed by atoms with E-state index >= 15 is 0 Å². The number of amides is 1. The molecule has 0 spiro atoms. The van der Waals surface area contributed by atoms with Gasteiger partial charge in [-0.1, -0.05) is 19.8 Å². The molecule has 0 aliphatic heterocycles. The number of benzene rings is 1. The standard InChI is InChI=1S/C13H20N2O2/c1-3-4-5-6-13(16)15-11-8-7-10(14)9-12(11)17-2/h7-9H,3-6,14H2,1-2H3,(H,15,16). The van der Waals surface area contributed by atoms with Crippen LogP contribution in [0.4, 0.5) is 11.4 Å². The van der Waals surface area contributed by atoms with Gasteiger partial charge in [0.2, 0.25) is 5.91 Å². The Morgan fingerprint density at radius 1 is 1.41 bits per heavy atom. The van der Waals surface area contributed by atoms with E-state index in [1.165, 1.54) is 0 Å². The molecule has 3 N–H and O–H groups in total. The first-order valence-corrected chi connectivity index (χ1v) is 5.90. The van der Waals surface area contributed by atoms with E-state index in [1.54, 1.807) is 25.3 Å². The molecule has 0 aromatic heterocycles. The number of hydrogen-bond acceptors (Lipinski definition) is 3. The van der Waals surface area contributed by atoms with Gasteiger partial charge in [-0.05, 0) is 18.6 Å². The maximum atomic E-state index is 11.6. The molecular formula is C13H20N2O2. The van der Waals surface area contributed by atoms with Crippen molar-refractivity contribution in [1.29, 1.82) is 0 Å². The minimum atomic E-state index is 0.0153. The lowest BCUT2D eigenvalue weighted by molar-refractivity contribution is -0.116. The number of methoxy groups -OCH3 is 1. The van der Waals surface area contributed by atoms with Gasteiger partial charge < -0.3 is 15.8 Å². The van der Waals surface area contributed by atoms with Gasteiger partial charge in [-0.2, -0.15) is 0 Å². The second-order valence-electron chi connectivity index (χ2n) is 3.97. The van der Waals surface area contributed by atoms with Crippen LogP contribution in [0.3, 0.4) is 0 Å². The third-order valence-electron chi connectivity index (χ3n) is 2.51. The van der Waals surface area contributed by atoms with E-state index in [9.17, 15) is 4.79 Å². The highest BCUT2D eigenvalue weighted by atomic mass is 16.5. The first kappa shape index (κ1) is 13.4. The summed E-state index contributed by atoms with van der Waals surface area (Å²) in [5.41, 5.74) is 6.93. The van der Waals surface area contributed by atoms with Gasteiger partial charge in [0.1, 0.15) is 5.75 Å². The molecule has 0 unspecified atom stereocenters. The normalized spacial score (nSPS) is 10.0. The number of ether oxygens (including phenoxy) is 1. The first-order chi connectivity index (χ1) is 8.17. The first-order valence-electron chi connectivity index (χ1n) is 5.90. The van der Waals surface area contributed by atoms with Gasteiger partial charge in [0.25, 0.3) is 0 Å². The Labute approximate surface area is 102 Å². The summed E-state index contributed by atoms with van der Waals surface area (Å²) in [6, 6.07) is 5.19. The molecule has 1 amide bonds. The number of anilines is 2. The lowest BCUT2D eigenvalue weighted by atomic mass is 10.2. The predicted octanol–water partition coefficient (Wildman–Crippen LogP) is 2.80. The van der Waals surface area contributed by atoms with E-state index in [0.29, 0.717) is 23.5 Å². The van der Waals surface area contributed by atoms with Gasteiger partial charge in [0.15, 0.2) is 0 Å². The van der Waals surface area contributed by atoms with Gasteiger partial charge in [0.05, 0.1) is 12.8 Å². The van der Waals surface area contributed by atoms with Gasteiger partial charge >= 0.3 is 0 Å². The molecule has 0 saturated heterocycles. The van der Waals surface area contributed by atoms with Gasteiger partial charge in [-0.25, -0.2) is 0 Å². The van der Waals surface area contributed by atoms with Crippen LogP contribution in [0.25, 0.3) is 0 Å². The summed E-state index contributed by atoms with van der Waals surface area (Å²) in [4.78, 5) is 11.6. The summed E-state index contributed by atoms with van der Waals surface area (Å²) in [5, 5.41) is 2.83. The van der Waals surface area contributed by atoms with Crippen LogP contribution in [0.2, 0.25) is 0 Å². The number of carbonyl (C=O) groups excluding carboxylic acids is 1. The molecule has 1 aromatic rings. The van der Waals surface area contributed by atoms with Crippen molar-refractivity contribution in [1.82, 2.24) is 0 Å². The SMILES string of the molecule is CCCCCC(=O)Nc1ccc(N)cc1OC. The Morgan fingerprint density at radius 2 is 2.18 bits per heavy atom. The van der Waals surface area contributed by atoms with E-state index < -0.39 is 0 Å². The largest absolute Gasteiger partial charge is 0.494 e. The zero-order valence-corrected chi connectivity index (χ0v) is 10.5. The van der Waals surface area contributed by atoms with Crippen molar-refractivity contribution in [3.63, 3.8) is 0 Å². The van der Waals surface area contributed by atoms with Crippen molar-refractivity contribution in [3.05, 3.63) is 18.2 Å². The Kier molecular flexibility index (Phi) is 5.33. The third kappa shape index (κ3) is 4.34. The lowest BCUT2D eigenvalue weighted by Gasteiger charge is -2.10. The molecule has 0 fully saturated rings. The fraction of sp³-hybridized carbons (Fsp3) is 0.462. The maximum Gasteiger partial charge on any atom is 0.224 e. The van der Waals surface area contributed by atoms with Crippen LogP contribution < -0.4 is 15.8 Å². The summed E-state index contributed by atoms with van der Waals surface area (Å²) in [6.07, 6.45) is 3.64. The number of nitrogen functional groups attached to an aromatic ring is 1. The minimum Gasteiger partial charge on any atom is -0.494 e. The number of nitrogens with two attached hydrogens (primary N) is 1. The topological polar surface area (TPSA) is 64.4 Å². The molecule has 0 heterocycles. The van der Waals surface area contributed by atoms with Crippen LogP contribution in [-0.4, -0.2) is 13.0 Å². The average molecular weight is 236 g/mol. The minimum absolute atomic E-state index is 0.0153. The summed E-state index contributed by atoms with van der Waals surface area (Å²) in [6.45, 7) is 2.11. The fourth-order valence-electron chi connectivity index (χ4n) is 1.56. The van der Waals surface area contributed by atoms with Crippen LogP contribution in [0.5, 0.6) is 5.75 Å². The summed E-state index contributed by atoms with van der Waals surface area (Å²) in [5.74, 6) is 0.607. The van der Waals surface area contributed by atoms with E-state index in [1.807, 2.05) is 0 Å². The molecule has 17 heavy (non-hydrogen) atoms. The van der Waals surface area contributed by atoms with Gasteiger partial charge in [-0.3, -0.25) is 4.79 Å². The van der Waals surface area contributed by atoms with Crippen molar-refractivity contribution in [2.75, 3.05) is 18.2 Å². The maximum absolute atomic E-state index is 11.6. The van der Waals surface area contributed by atoms with Gasteiger partial charge in [-0.15, -0.1) is 0 Å². The van der Waals surface area contributed by atoms with Crippen LogP contribution >= 0.6 is 0 Å². The second-order valence-corrected chi connectivity index (χ2v) is 3.97. The molecule has 0 atom stereocenters. The monoisotopic (exact) mass is 236 g/mol. The highest BCUT2D eigenvalue weighted by molar-refractivity contribution is 5.92. The van der Waals surface area contributed by atoms with Crippen LogP contribution in [-0.2, 0) is 4.79 Å². The number of carbonyl (C=O) groups is 1. The van der Waals surface area contributed by atoms with Crippen molar-refractivity contribution < 1.29 is 9.53 Å². The van der Waals surface area contributed by atoms with Gasteiger partial charge in [0, 0.05) is 18.2 Å². The van der Waals surface area contributed by atoms with Crippen molar-refractivity contribution in [2.24, 2.45) is 0 Å². The van der Waals surface area contributed by atoms with E-state index in [2.05, 4.69) is 12.2 Å². The Hall–Kier alpha value is -1.71. The summed E-state index contributed by atoms with van der Waals surface area (Å²) in [7, 11) is 1.56. The molecule has 0 radical (unpaired) electrons. The zero-order valence-electron chi connectivity index (χ0n) is 10.5. The van der Waals surface area contributed by atoms with Crippen molar-refractivity contribution >= 4 is 17.3 Å². The fourth-order valence-corrected chi connectivity index (χ4v) is 1.56. The van der Waals surface area contributed by atoms with Crippen LogP contribution in [0, 0.1) is 0 Å². The smallest absolute Gasteiger partial charge is 0.224 e. The molecule has 0 bridgehead atoms. The molecule has 1 aromatic carbocycles. The lowest BCUT2D eigenvalue weighted by Crippen LogP contribution is -2.12. The van der Waals surface area contributed by atoms with Crippen LogP contribution in [0.15, 0.2) is 18.2 Å². The third-order valence-corrected chi connectivity index (χ3v) is 2.51. The van der Waals surface area contributed by atoms with E-state index in [0.717, 1.165) is 19.3 Å². The second kappa shape index (κ2) is 6.78. The average Bonchev–Trinajstić information content (AvgIpc) is 2.32. The molecule has 0 saturated carbocycles. The Bertz CT molecular complexity index is 378. The molecule has 1 rings (SSSR count). The van der Waals surface area contributed by atoms with Crippen molar-refractivity contribution in [2.45, 2.75) is 32.6 Å². The van der Waals surface area contributed by atoms with E-state index in [4.69, 9.17) is 10.5 Å². The molecule has 0 aliphatic rings. The Balaban J connectivity index is 2.58. The highest BCUT2D eigenvalue weighted by Crippen LogP contribution is 2.26. The number of nitrogens with one attached hydrogen (secondary N) is 1. The zero-order chi connectivity index (χ0) is 12.7. The number of unbranched alkanes of at least 4 members (excludes halogenated alkanes) is 2. The van der Waals surface area contributed by atoms with Crippen LogP contribution in [0.1, 0.15) is 32.6 Å². The molecule has 94 valence electrons. The number of hydrogen-bond donors (Lipinski definition) is 2. The number of rotatable bonds is 6. The summed E-state index contributed by atoms with van der Waals surface area (Å²) >= 11 is 0. The molecule has 4 heteroatoms. The molecule has 0 aliphatic carbocycles. The summed E-state index contributed by atoms with van der Waals surface area (Å²) < 4.78 is 5.16. The van der Waals surface area contributed by atoms with Crippen molar-refractivity contribution in [3.8, 4) is 5.75 Å². The predicted molar refractivity (Wildman–Crippen MR) is 70.2 cm³/mol. The Morgan fingerprint density at radius 3 is 2.82 bits per heavy atom. The van der Waals surface area contributed by atoms with E-state index in [-0.39, 0.29) is 5.91 Å².